The third kappa shape index (κ3) is 3.35. The van der Waals surface area contributed by atoms with E-state index in [0.29, 0.717) is 17.4 Å². The fraction of sp³-hybridized carbons (Fsp3) is 0.111. The van der Waals surface area contributed by atoms with E-state index in [4.69, 9.17) is 16.7 Å². The number of halogens is 1. The second-order valence-electron chi connectivity index (χ2n) is 5.64. The maximum Gasteiger partial charge on any atom is 0.129 e. The Bertz CT molecular complexity index is 1030. The van der Waals surface area contributed by atoms with Gasteiger partial charge in [0.2, 0.25) is 0 Å². The van der Waals surface area contributed by atoms with Crippen LogP contribution in [-0.2, 0) is 13.2 Å². The van der Waals surface area contributed by atoms with E-state index in [1.54, 1.807) is 24.7 Å². The van der Waals surface area contributed by atoms with Crippen molar-refractivity contribution in [2.24, 2.45) is 0 Å². The van der Waals surface area contributed by atoms with Gasteiger partial charge in [-0.05, 0) is 29.8 Å². The smallest absolute Gasteiger partial charge is 0.129 e. The summed E-state index contributed by atoms with van der Waals surface area (Å²) >= 11 is 5.96. The third-order valence-electron chi connectivity index (χ3n) is 3.86. The molecular formula is C18H14ClN5O. The summed E-state index contributed by atoms with van der Waals surface area (Å²) in [5, 5.41) is 13.9. The standard InChI is InChI=1S/C18H14ClN5O/c19-18-4-3-16-17(23-18)5-13(7-21-16)14-8-22-24(10-14)9-12-1-2-15(11-25)20-6-12/h1-8,10,25H,9,11H2. The highest BCUT2D eigenvalue weighted by Crippen LogP contribution is 2.22. The van der Waals surface area contributed by atoms with E-state index in [2.05, 4.69) is 20.1 Å². The molecule has 4 heterocycles. The molecule has 1 N–H and O–H groups in total. The number of hydrogen-bond donors (Lipinski definition) is 1. The molecule has 0 aromatic carbocycles. The number of hydrogen-bond acceptors (Lipinski definition) is 5. The topological polar surface area (TPSA) is 76.7 Å². The van der Waals surface area contributed by atoms with Crippen LogP contribution in [0.1, 0.15) is 11.3 Å². The van der Waals surface area contributed by atoms with Gasteiger partial charge in [0.25, 0.3) is 0 Å². The van der Waals surface area contributed by atoms with Gasteiger partial charge < -0.3 is 5.11 Å². The van der Waals surface area contributed by atoms with Crippen LogP contribution >= 0.6 is 11.6 Å². The van der Waals surface area contributed by atoms with Crippen LogP contribution in [0.15, 0.2) is 55.1 Å². The predicted octanol–water partition coefficient (Wildman–Crippen LogP) is 3.08. The number of aliphatic hydroxyl groups excluding tert-OH is 1. The number of rotatable bonds is 4. The van der Waals surface area contributed by atoms with Crippen molar-refractivity contribution in [2.45, 2.75) is 13.2 Å². The van der Waals surface area contributed by atoms with Crippen LogP contribution in [-0.4, -0.2) is 29.8 Å². The first kappa shape index (κ1) is 15.7. The molecule has 0 atom stereocenters. The van der Waals surface area contributed by atoms with Crippen molar-refractivity contribution in [1.82, 2.24) is 24.7 Å². The molecule has 0 aliphatic carbocycles. The lowest BCUT2D eigenvalue weighted by Crippen LogP contribution is -2.01. The minimum absolute atomic E-state index is 0.0563. The molecule has 0 saturated carbocycles. The molecule has 6 nitrogen and oxygen atoms in total. The fourth-order valence-electron chi connectivity index (χ4n) is 2.57. The van der Waals surface area contributed by atoms with Gasteiger partial charge in [-0.25, -0.2) is 4.98 Å². The van der Waals surface area contributed by atoms with Gasteiger partial charge in [-0.1, -0.05) is 17.7 Å². The van der Waals surface area contributed by atoms with E-state index in [0.717, 1.165) is 27.7 Å². The van der Waals surface area contributed by atoms with Crippen molar-refractivity contribution in [1.29, 1.82) is 0 Å². The zero-order valence-electron chi connectivity index (χ0n) is 13.2. The lowest BCUT2D eigenvalue weighted by molar-refractivity contribution is 0.277. The molecule has 4 rings (SSSR count). The molecule has 124 valence electrons. The van der Waals surface area contributed by atoms with Gasteiger partial charge in [0.1, 0.15) is 5.15 Å². The molecule has 4 aromatic rings. The van der Waals surface area contributed by atoms with E-state index < -0.39 is 0 Å². The molecule has 4 aromatic heterocycles. The first-order valence-corrected chi connectivity index (χ1v) is 8.09. The lowest BCUT2D eigenvalue weighted by atomic mass is 10.1. The average molecular weight is 352 g/mol. The Morgan fingerprint density at radius 1 is 0.960 bits per heavy atom. The van der Waals surface area contributed by atoms with Crippen molar-refractivity contribution in [3.63, 3.8) is 0 Å². The van der Waals surface area contributed by atoms with Crippen LogP contribution in [0.5, 0.6) is 0 Å². The van der Waals surface area contributed by atoms with Gasteiger partial charge in [0, 0.05) is 29.7 Å². The van der Waals surface area contributed by atoms with E-state index >= 15 is 0 Å². The summed E-state index contributed by atoms with van der Waals surface area (Å²) in [6.45, 7) is 0.545. The van der Waals surface area contributed by atoms with Gasteiger partial charge in [-0.2, -0.15) is 5.10 Å². The molecule has 0 radical (unpaired) electrons. The van der Waals surface area contributed by atoms with Gasteiger partial charge in [-0.15, -0.1) is 0 Å². The van der Waals surface area contributed by atoms with E-state index in [9.17, 15) is 0 Å². The molecule has 0 fully saturated rings. The first-order valence-electron chi connectivity index (χ1n) is 7.71. The number of aliphatic hydroxyl groups is 1. The molecule has 0 aliphatic heterocycles. The maximum atomic E-state index is 9.04. The minimum Gasteiger partial charge on any atom is -0.390 e. The maximum absolute atomic E-state index is 9.04. The molecule has 0 saturated heterocycles. The van der Waals surface area contributed by atoms with Gasteiger partial charge in [0.05, 0.1) is 36.1 Å². The summed E-state index contributed by atoms with van der Waals surface area (Å²) < 4.78 is 1.83. The van der Waals surface area contributed by atoms with Crippen molar-refractivity contribution < 1.29 is 5.11 Å². The molecule has 7 heteroatoms. The Morgan fingerprint density at radius 3 is 2.68 bits per heavy atom. The number of nitrogens with zero attached hydrogens (tertiary/aromatic N) is 5. The number of fused-ring (bicyclic) bond motifs is 1. The monoisotopic (exact) mass is 351 g/mol. The van der Waals surface area contributed by atoms with Gasteiger partial charge in [-0.3, -0.25) is 14.6 Å². The second kappa shape index (κ2) is 6.58. The predicted molar refractivity (Wildman–Crippen MR) is 95.0 cm³/mol. The molecule has 0 bridgehead atoms. The Kier molecular flexibility index (Phi) is 4.13. The van der Waals surface area contributed by atoms with Gasteiger partial charge >= 0.3 is 0 Å². The number of pyridine rings is 3. The summed E-state index contributed by atoms with van der Waals surface area (Å²) in [7, 11) is 0. The highest BCUT2D eigenvalue weighted by Gasteiger charge is 2.06. The summed E-state index contributed by atoms with van der Waals surface area (Å²) in [6, 6.07) is 9.27. The lowest BCUT2D eigenvalue weighted by Gasteiger charge is -2.03. The first-order chi connectivity index (χ1) is 12.2. The highest BCUT2D eigenvalue weighted by molar-refractivity contribution is 6.29. The van der Waals surface area contributed by atoms with E-state index in [-0.39, 0.29) is 6.61 Å². The molecule has 0 unspecified atom stereocenters. The summed E-state index contributed by atoms with van der Waals surface area (Å²) in [6.07, 6.45) is 7.30. The number of aromatic nitrogens is 5. The Hall–Kier alpha value is -2.83. The highest BCUT2D eigenvalue weighted by atomic mass is 35.5. The van der Waals surface area contributed by atoms with E-state index in [1.165, 1.54) is 0 Å². The normalized spacial score (nSPS) is 11.1. The quantitative estimate of drug-likeness (QED) is 0.572. The molecule has 0 spiro atoms. The zero-order chi connectivity index (χ0) is 17.2. The van der Waals surface area contributed by atoms with Crippen LogP contribution in [0.2, 0.25) is 5.15 Å². The average Bonchev–Trinajstić information content (AvgIpc) is 3.10. The van der Waals surface area contributed by atoms with Crippen LogP contribution in [0.4, 0.5) is 0 Å². The van der Waals surface area contributed by atoms with Gasteiger partial charge in [0.15, 0.2) is 0 Å². The Labute approximate surface area is 148 Å². The van der Waals surface area contributed by atoms with Crippen molar-refractivity contribution in [2.75, 3.05) is 0 Å². The SMILES string of the molecule is OCc1ccc(Cn2cc(-c3cnc4ccc(Cl)nc4c3)cn2)cn1. The Balaban J connectivity index is 1.59. The third-order valence-corrected chi connectivity index (χ3v) is 4.07. The van der Waals surface area contributed by atoms with Crippen molar-refractivity contribution in [3.05, 3.63) is 71.5 Å². The molecule has 25 heavy (non-hydrogen) atoms. The van der Waals surface area contributed by atoms with Crippen LogP contribution in [0.25, 0.3) is 22.2 Å². The molecule has 0 amide bonds. The zero-order valence-corrected chi connectivity index (χ0v) is 13.9. The van der Waals surface area contributed by atoms with Crippen LogP contribution in [0, 0.1) is 0 Å². The van der Waals surface area contributed by atoms with Crippen molar-refractivity contribution in [3.8, 4) is 11.1 Å². The molecular weight excluding hydrogens is 338 g/mol. The van der Waals surface area contributed by atoms with Crippen LogP contribution < -0.4 is 0 Å². The van der Waals surface area contributed by atoms with Crippen LogP contribution in [0.3, 0.4) is 0 Å². The summed E-state index contributed by atoms with van der Waals surface area (Å²) in [5.41, 5.74) is 5.10. The minimum atomic E-state index is -0.0563. The summed E-state index contributed by atoms with van der Waals surface area (Å²) in [5.74, 6) is 0. The summed E-state index contributed by atoms with van der Waals surface area (Å²) in [4.78, 5) is 12.9. The largest absolute Gasteiger partial charge is 0.390 e. The van der Waals surface area contributed by atoms with E-state index in [1.807, 2.05) is 35.1 Å². The second-order valence-corrected chi connectivity index (χ2v) is 6.03. The fourth-order valence-corrected chi connectivity index (χ4v) is 2.72. The van der Waals surface area contributed by atoms with Crippen molar-refractivity contribution >= 4 is 22.6 Å². The Morgan fingerprint density at radius 2 is 1.88 bits per heavy atom. The molecule has 0 aliphatic rings.